The van der Waals surface area contributed by atoms with Gasteiger partial charge in [-0.25, -0.2) is 0 Å². The number of carbonyl (C=O) groups excluding carboxylic acids is 1. The molecule has 106 valence electrons. The van der Waals surface area contributed by atoms with Crippen molar-refractivity contribution in [2.45, 2.75) is 64.3 Å². The minimum Gasteiger partial charge on any atom is -0.354 e. The Kier molecular flexibility index (Phi) is 5.47. The van der Waals surface area contributed by atoms with Gasteiger partial charge in [0.2, 0.25) is 5.91 Å². The Bertz CT molecular complexity index is 278. The summed E-state index contributed by atoms with van der Waals surface area (Å²) in [6.45, 7) is 6.22. The molecule has 2 aliphatic rings. The first kappa shape index (κ1) is 15.8. The van der Waals surface area contributed by atoms with E-state index in [4.69, 9.17) is 0 Å². The molecule has 3 nitrogen and oxygen atoms in total. The highest BCUT2D eigenvalue weighted by molar-refractivity contribution is 5.86. The molecule has 18 heavy (non-hydrogen) atoms. The van der Waals surface area contributed by atoms with Crippen molar-refractivity contribution >= 4 is 18.3 Å². The molecule has 0 radical (unpaired) electrons. The molecule has 1 aliphatic carbocycles. The monoisotopic (exact) mass is 274 g/mol. The second-order valence-corrected chi connectivity index (χ2v) is 5.86. The maximum absolute atomic E-state index is 12.3. The zero-order valence-corrected chi connectivity index (χ0v) is 12.5. The van der Waals surface area contributed by atoms with Crippen molar-refractivity contribution in [2.75, 3.05) is 13.1 Å². The van der Waals surface area contributed by atoms with Gasteiger partial charge < -0.3 is 10.6 Å². The summed E-state index contributed by atoms with van der Waals surface area (Å²) in [5.41, 5.74) is 0.155. The summed E-state index contributed by atoms with van der Waals surface area (Å²) in [4.78, 5) is 12.3. The molecule has 0 spiro atoms. The molecule has 0 aromatic rings. The molecular formula is C14H27ClN2O. The van der Waals surface area contributed by atoms with Crippen molar-refractivity contribution in [2.24, 2.45) is 5.41 Å². The third-order valence-electron chi connectivity index (χ3n) is 5.07. The predicted octanol–water partition coefficient (Wildman–Crippen LogP) is 2.64. The first-order valence-electron chi connectivity index (χ1n) is 7.20. The van der Waals surface area contributed by atoms with E-state index in [-0.39, 0.29) is 23.9 Å². The van der Waals surface area contributed by atoms with E-state index in [1.165, 1.54) is 25.7 Å². The molecule has 1 aliphatic heterocycles. The Morgan fingerprint density at radius 3 is 2.28 bits per heavy atom. The summed E-state index contributed by atoms with van der Waals surface area (Å²) in [5.74, 6) is 0.234. The molecule has 1 unspecified atom stereocenters. The van der Waals surface area contributed by atoms with Crippen molar-refractivity contribution in [1.29, 1.82) is 0 Å². The van der Waals surface area contributed by atoms with Gasteiger partial charge >= 0.3 is 0 Å². The van der Waals surface area contributed by atoms with Crippen molar-refractivity contribution < 1.29 is 4.79 Å². The average Bonchev–Trinajstić information content (AvgIpc) is 2.77. The molecule has 2 rings (SSSR count). The molecule has 4 heteroatoms. The van der Waals surface area contributed by atoms with E-state index in [1.807, 2.05) is 0 Å². The van der Waals surface area contributed by atoms with Gasteiger partial charge in [-0.2, -0.15) is 0 Å². The molecule has 1 saturated heterocycles. The fourth-order valence-electron chi connectivity index (χ4n) is 3.23. The fourth-order valence-corrected chi connectivity index (χ4v) is 3.23. The Labute approximate surface area is 117 Å². The Morgan fingerprint density at radius 1 is 1.17 bits per heavy atom. The van der Waals surface area contributed by atoms with Crippen LogP contribution in [0, 0.1) is 5.41 Å². The van der Waals surface area contributed by atoms with E-state index < -0.39 is 0 Å². The molecule has 2 fully saturated rings. The quantitative estimate of drug-likeness (QED) is 0.809. The van der Waals surface area contributed by atoms with E-state index in [1.54, 1.807) is 0 Å². The van der Waals surface area contributed by atoms with Gasteiger partial charge in [-0.05, 0) is 50.5 Å². The van der Waals surface area contributed by atoms with Crippen LogP contribution in [-0.4, -0.2) is 24.5 Å². The molecule has 1 atom stereocenters. The Hall–Kier alpha value is -0.280. The number of hydrogen-bond donors (Lipinski definition) is 2. The second-order valence-electron chi connectivity index (χ2n) is 5.86. The highest BCUT2D eigenvalue weighted by Crippen LogP contribution is 2.43. The number of nitrogens with one attached hydrogen (secondary N) is 2. The summed E-state index contributed by atoms with van der Waals surface area (Å²) in [6.07, 6.45) is 8.12. The largest absolute Gasteiger partial charge is 0.354 e. The molecule has 1 heterocycles. The fraction of sp³-hybridized carbons (Fsp3) is 0.929. The highest BCUT2D eigenvalue weighted by atomic mass is 35.5. The predicted molar refractivity (Wildman–Crippen MR) is 77.1 cm³/mol. The Morgan fingerprint density at radius 2 is 1.89 bits per heavy atom. The summed E-state index contributed by atoms with van der Waals surface area (Å²) >= 11 is 0. The minimum atomic E-state index is -0.265. The van der Waals surface area contributed by atoms with Crippen LogP contribution in [0.1, 0.15) is 58.8 Å². The van der Waals surface area contributed by atoms with Crippen molar-refractivity contribution in [3.05, 3.63) is 0 Å². The lowest BCUT2D eigenvalue weighted by Gasteiger charge is -2.42. The smallest absolute Gasteiger partial charge is 0.240 e. The molecule has 0 aromatic heterocycles. The highest BCUT2D eigenvalue weighted by Gasteiger charge is 2.41. The van der Waals surface area contributed by atoms with Gasteiger partial charge in [0, 0.05) is 6.54 Å². The van der Waals surface area contributed by atoms with Crippen molar-refractivity contribution in [1.82, 2.24) is 10.6 Å². The van der Waals surface area contributed by atoms with Crippen molar-refractivity contribution in [3.8, 4) is 0 Å². The lowest BCUT2D eigenvalue weighted by molar-refractivity contribution is -0.128. The molecular weight excluding hydrogens is 248 g/mol. The molecule has 0 aromatic carbocycles. The average molecular weight is 275 g/mol. The van der Waals surface area contributed by atoms with Crippen LogP contribution in [0.25, 0.3) is 0 Å². The lowest BCUT2D eigenvalue weighted by Crippen LogP contribution is -2.55. The van der Waals surface area contributed by atoms with E-state index in [9.17, 15) is 4.79 Å². The maximum Gasteiger partial charge on any atom is 0.240 e. The van der Waals surface area contributed by atoms with Crippen LogP contribution in [0.15, 0.2) is 0 Å². The van der Waals surface area contributed by atoms with Crippen LogP contribution < -0.4 is 10.6 Å². The number of halogens is 1. The summed E-state index contributed by atoms with van der Waals surface area (Å²) < 4.78 is 0. The summed E-state index contributed by atoms with van der Waals surface area (Å²) in [6, 6.07) is 0. The molecule has 0 bridgehead atoms. The molecule has 1 saturated carbocycles. The van der Waals surface area contributed by atoms with Gasteiger partial charge in [-0.1, -0.05) is 20.3 Å². The summed E-state index contributed by atoms with van der Waals surface area (Å²) in [5, 5.41) is 6.61. The topological polar surface area (TPSA) is 41.1 Å². The number of amides is 1. The van der Waals surface area contributed by atoms with Gasteiger partial charge in [0.1, 0.15) is 0 Å². The van der Waals surface area contributed by atoms with E-state index in [0.29, 0.717) is 5.41 Å². The van der Waals surface area contributed by atoms with E-state index >= 15 is 0 Å². The van der Waals surface area contributed by atoms with Crippen molar-refractivity contribution in [3.63, 3.8) is 0 Å². The molecule has 1 amide bonds. The normalized spacial score (nSPS) is 29.2. The van der Waals surface area contributed by atoms with Crippen LogP contribution in [-0.2, 0) is 4.79 Å². The van der Waals surface area contributed by atoms with Crippen LogP contribution in [0.3, 0.4) is 0 Å². The maximum atomic E-state index is 12.3. The van der Waals surface area contributed by atoms with Gasteiger partial charge in [0.05, 0.1) is 5.54 Å². The SMILES string of the molecule is CCC1(CNC(=O)C2(CC)CCCN2)CCC1.Cl. The van der Waals surface area contributed by atoms with E-state index in [2.05, 4.69) is 24.5 Å². The molecule has 2 N–H and O–H groups in total. The lowest BCUT2D eigenvalue weighted by atomic mass is 9.67. The number of hydrogen-bond acceptors (Lipinski definition) is 2. The van der Waals surface area contributed by atoms with Crippen LogP contribution >= 0.6 is 12.4 Å². The van der Waals surface area contributed by atoms with Gasteiger partial charge in [-0.15, -0.1) is 12.4 Å². The third-order valence-corrected chi connectivity index (χ3v) is 5.07. The third kappa shape index (κ3) is 2.83. The zero-order valence-electron chi connectivity index (χ0n) is 11.7. The number of rotatable bonds is 5. The van der Waals surface area contributed by atoms with Crippen LogP contribution in [0.4, 0.5) is 0 Å². The minimum absolute atomic E-state index is 0. The standard InChI is InChI=1S/C14H26N2O.ClH/c1-3-13(7-5-8-13)11-15-12(17)14(4-2)9-6-10-16-14;/h16H,3-11H2,1-2H3,(H,15,17);1H. The number of carbonyl (C=O) groups is 1. The summed E-state index contributed by atoms with van der Waals surface area (Å²) in [7, 11) is 0. The van der Waals surface area contributed by atoms with Gasteiger partial charge in [0.15, 0.2) is 0 Å². The first-order chi connectivity index (χ1) is 8.16. The van der Waals surface area contributed by atoms with Crippen LogP contribution in [0.2, 0.25) is 0 Å². The van der Waals surface area contributed by atoms with E-state index in [0.717, 1.165) is 32.4 Å². The zero-order chi connectivity index (χ0) is 12.4. The Balaban J connectivity index is 0.00000162. The van der Waals surface area contributed by atoms with Gasteiger partial charge in [-0.3, -0.25) is 4.79 Å². The second kappa shape index (κ2) is 6.25. The van der Waals surface area contributed by atoms with Gasteiger partial charge in [0.25, 0.3) is 0 Å². The first-order valence-corrected chi connectivity index (χ1v) is 7.20. The van der Waals surface area contributed by atoms with Crippen LogP contribution in [0.5, 0.6) is 0 Å².